The number of amides is 1. The van der Waals surface area contributed by atoms with Gasteiger partial charge >= 0.3 is 11.8 Å². The van der Waals surface area contributed by atoms with E-state index in [4.69, 9.17) is 16.7 Å². The molecule has 0 radical (unpaired) electrons. The Bertz CT molecular complexity index is 558. The molecule has 8 nitrogen and oxygen atoms in total. The predicted molar refractivity (Wildman–Crippen MR) is 80.7 cm³/mol. The lowest BCUT2D eigenvalue weighted by Crippen LogP contribution is -2.52. The van der Waals surface area contributed by atoms with Gasteiger partial charge in [0, 0.05) is 25.7 Å². The molecule has 1 N–H and O–H groups in total. The number of pyridine rings is 1. The van der Waals surface area contributed by atoms with E-state index in [0.717, 1.165) is 0 Å². The molecule has 20 heavy (non-hydrogen) atoms. The van der Waals surface area contributed by atoms with Crippen molar-refractivity contribution < 1.29 is 14.8 Å². The van der Waals surface area contributed by atoms with Crippen LogP contribution in [0.2, 0.25) is 5.15 Å². The zero-order valence-corrected chi connectivity index (χ0v) is 13.0. The summed E-state index contributed by atoms with van der Waals surface area (Å²) in [5, 5.41) is 20.2. The standard InChI is InChI=1S/C10H10ClIN4O4/c11-7-2-1-6(16(19)20)9(13-7)14-3-4-15(10(17)18)8(12)5-14/h1-2,8H,3-5H2,(H,17,18). The lowest BCUT2D eigenvalue weighted by atomic mass is 10.3. The maximum absolute atomic E-state index is 11.0. The Morgan fingerprint density at radius 1 is 1.55 bits per heavy atom. The molecule has 0 aliphatic carbocycles. The number of alkyl halides is 1. The molecular formula is C10H10ClIN4O4. The molecule has 1 aliphatic rings. The van der Waals surface area contributed by atoms with Gasteiger partial charge in [-0.1, -0.05) is 34.2 Å². The van der Waals surface area contributed by atoms with Gasteiger partial charge in [-0.2, -0.15) is 0 Å². The lowest BCUT2D eigenvalue weighted by molar-refractivity contribution is -0.384. The van der Waals surface area contributed by atoms with Crippen LogP contribution in [0.3, 0.4) is 0 Å². The summed E-state index contributed by atoms with van der Waals surface area (Å²) >= 11 is 7.78. The molecule has 1 unspecified atom stereocenters. The molecule has 1 amide bonds. The summed E-state index contributed by atoms with van der Waals surface area (Å²) in [6, 6.07) is 2.66. The quantitative estimate of drug-likeness (QED) is 0.200. The van der Waals surface area contributed by atoms with Crippen LogP contribution in [0.1, 0.15) is 0 Å². The van der Waals surface area contributed by atoms with E-state index in [-0.39, 0.29) is 27.3 Å². The number of nitrogens with zero attached hydrogens (tertiary/aromatic N) is 4. The van der Waals surface area contributed by atoms with Crippen molar-refractivity contribution in [3.8, 4) is 0 Å². The summed E-state index contributed by atoms with van der Waals surface area (Å²) in [6.07, 6.45) is -1.00. The van der Waals surface area contributed by atoms with Crippen LogP contribution in [0, 0.1) is 10.1 Å². The average Bonchev–Trinajstić information content (AvgIpc) is 2.37. The Labute approximate surface area is 132 Å². The third-order valence-corrected chi connectivity index (χ3v) is 4.16. The van der Waals surface area contributed by atoms with Gasteiger partial charge in [0.05, 0.1) is 4.92 Å². The van der Waals surface area contributed by atoms with Crippen molar-refractivity contribution in [3.05, 3.63) is 27.4 Å². The molecule has 10 heteroatoms. The highest BCUT2D eigenvalue weighted by Gasteiger charge is 2.32. The molecule has 1 aromatic rings. The molecule has 1 aromatic heterocycles. The predicted octanol–water partition coefficient (Wildman–Crippen LogP) is 2.20. The number of nitro groups is 1. The number of hydrogen-bond donors (Lipinski definition) is 1. The van der Waals surface area contributed by atoms with Crippen LogP contribution in [0.15, 0.2) is 12.1 Å². The van der Waals surface area contributed by atoms with E-state index in [1.165, 1.54) is 17.0 Å². The van der Waals surface area contributed by atoms with Crippen molar-refractivity contribution in [2.45, 2.75) is 4.05 Å². The summed E-state index contributed by atoms with van der Waals surface area (Å²) in [6.45, 7) is 0.912. The zero-order chi connectivity index (χ0) is 14.9. The second-order valence-electron chi connectivity index (χ2n) is 4.09. The average molecular weight is 413 g/mol. The third kappa shape index (κ3) is 3.03. The molecule has 108 valence electrons. The smallest absolute Gasteiger partial charge is 0.408 e. The Hall–Kier alpha value is -1.36. The second-order valence-corrected chi connectivity index (χ2v) is 5.92. The van der Waals surface area contributed by atoms with Gasteiger partial charge in [-0.15, -0.1) is 0 Å². The number of hydrogen-bond acceptors (Lipinski definition) is 5. The van der Waals surface area contributed by atoms with E-state index < -0.39 is 11.0 Å². The van der Waals surface area contributed by atoms with Crippen molar-refractivity contribution in [2.75, 3.05) is 24.5 Å². The van der Waals surface area contributed by atoms with Crippen LogP contribution in [-0.2, 0) is 0 Å². The van der Waals surface area contributed by atoms with Crippen molar-refractivity contribution >= 4 is 51.8 Å². The molecular weight excluding hydrogens is 402 g/mol. The molecule has 2 heterocycles. The van der Waals surface area contributed by atoms with Gasteiger partial charge < -0.3 is 10.0 Å². The van der Waals surface area contributed by atoms with Crippen molar-refractivity contribution in [2.24, 2.45) is 0 Å². The highest BCUT2D eigenvalue weighted by atomic mass is 127. The van der Waals surface area contributed by atoms with E-state index in [0.29, 0.717) is 13.1 Å². The Balaban J connectivity index is 2.27. The van der Waals surface area contributed by atoms with Gasteiger partial charge in [-0.3, -0.25) is 15.0 Å². The largest absolute Gasteiger partial charge is 0.465 e. The van der Waals surface area contributed by atoms with Gasteiger partial charge in [0.2, 0.25) is 5.82 Å². The monoisotopic (exact) mass is 412 g/mol. The maximum Gasteiger partial charge on any atom is 0.408 e. The second kappa shape index (κ2) is 5.95. The number of rotatable bonds is 2. The molecule has 0 bridgehead atoms. The Morgan fingerprint density at radius 2 is 2.25 bits per heavy atom. The SMILES string of the molecule is O=C(O)N1CCN(c2nc(Cl)ccc2[N+](=O)[O-])CC1I. The molecule has 1 saturated heterocycles. The number of aromatic nitrogens is 1. The fraction of sp³-hybridized carbons (Fsp3) is 0.400. The molecule has 1 atom stereocenters. The van der Waals surface area contributed by atoms with Crippen LogP contribution >= 0.6 is 34.2 Å². The minimum atomic E-state index is -1.00. The summed E-state index contributed by atoms with van der Waals surface area (Å²) in [4.78, 5) is 28.5. The van der Waals surface area contributed by atoms with E-state index in [1.807, 2.05) is 22.6 Å². The van der Waals surface area contributed by atoms with E-state index in [1.54, 1.807) is 4.90 Å². The van der Waals surface area contributed by atoms with Gasteiger partial charge in [0.15, 0.2) is 0 Å². The topological polar surface area (TPSA) is 99.8 Å². The fourth-order valence-corrected chi connectivity index (χ4v) is 3.08. The molecule has 0 spiro atoms. The summed E-state index contributed by atoms with van der Waals surface area (Å²) < 4.78 is -0.306. The zero-order valence-electron chi connectivity index (χ0n) is 10.1. The maximum atomic E-state index is 11.0. The Morgan fingerprint density at radius 3 is 2.80 bits per heavy atom. The first-order valence-corrected chi connectivity index (χ1v) is 7.22. The lowest BCUT2D eigenvalue weighted by Gasteiger charge is -2.37. The first-order valence-electron chi connectivity index (χ1n) is 5.59. The van der Waals surface area contributed by atoms with Gasteiger partial charge in [0.1, 0.15) is 9.20 Å². The van der Waals surface area contributed by atoms with Crippen LogP contribution in [-0.4, -0.2) is 49.7 Å². The van der Waals surface area contributed by atoms with E-state index in [9.17, 15) is 14.9 Å². The summed E-state index contributed by atoms with van der Waals surface area (Å²) in [7, 11) is 0. The van der Waals surface area contributed by atoms with Crippen molar-refractivity contribution in [1.82, 2.24) is 9.88 Å². The number of carbonyl (C=O) groups is 1. The number of piperazine rings is 1. The van der Waals surface area contributed by atoms with Crippen molar-refractivity contribution in [1.29, 1.82) is 0 Å². The first-order chi connectivity index (χ1) is 9.40. The Kier molecular flexibility index (Phi) is 4.48. The van der Waals surface area contributed by atoms with Crippen LogP contribution in [0.4, 0.5) is 16.3 Å². The minimum absolute atomic E-state index is 0.137. The summed E-state index contributed by atoms with van der Waals surface area (Å²) in [5.41, 5.74) is -0.137. The van der Waals surface area contributed by atoms with Gasteiger partial charge in [-0.05, 0) is 6.07 Å². The molecule has 1 aliphatic heterocycles. The van der Waals surface area contributed by atoms with E-state index >= 15 is 0 Å². The number of carboxylic acid groups (broad SMARTS) is 1. The molecule has 1 fully saturated rings. The highest BCUT2D eigenvalue weighted by molar-refractivity contribution is 14.1. The summed E-state index contributed by atoms with van der Waals surface area (Å²) in [5.74, 6) is 0.175. The molecule has 0 saturated carbocycles. The van der Waals surface area contributed by atoms with E-state index in [2.05, 4.69) is 4.98 Å². The van der Waals surface area contributed by atoms with Gasteiger partial charge in [-0.25, -0.2) is 9.78 Å². The van der Waals surface area contributed by atoms with Crippen LogP contribution in [0.25, 0.3) is 0 Å². The van der Waals surface area contributed by atoms with Gasteiger partial charge in [0.25, 0.3) is 0 Å². The normalized spacial score (nSPS) is 19.0. The highest BCUT2D eigenvalue weighted by Crippen LogP contribution is 2.30. The number of anilines is 1. The molecule has 2 rings (SSSR count). The molecule has 0 aromatic carbocycles. The van der Waals surface area contributed by atoms with Crippen LogP contribution < -0.4 is 4.90 Å². The van der Waals surface area contributed by atoms with Crippen molar-refractivity contribution in [3.63, 3.8) is 0 Å². The number of halogens is 2. The van der Waals surface area contributed by atoms with Crippen LogP contribution in [0.5, 0.6) is 0 Å². The fourth-order valence-electron chi connectivity index (χ4n) is 1.94. The first kappa shape index (κ1) is 15.0. The third-order valence-electron chi connectivity index (χ3n) is 2.88. The minimum Gasteiger partial charge on any atom is -0.465 e.